The fourth-order valence-corrected chi connectivity index (χ4v) is 3.57. The summed E-state index contributed by atoms with van der Waals surface area (Å²) in [7, 11) is -3.57. The summed E-state index contributed by atoms with van der Waals surface area (Å²) in [4.78, 5) is 12.3. The number of nitrogens with one attached hydrogen (secondary N) is 2. The molecule has 0 radical (unpaired) electrons. The minimum Gasteiger partial charge on any atom is -0.349 e. The van der Waals surface area contributed by atoms with Crippen molar-refractivity contribution in [3.05, 3.63) is 42.5 Å². The first kappa shape index (κ1) is 20.6. The monoisotopic (exact) mass is 373 g/mol. The van der Waals surface area contributed by atoms with Gasteiger partial charge in [0.25, 0.3) is 5.91 Å². The molecule has 1 aliphatic carbocycles. The Morgan fingerprint density at radius 3 is 2.33 bits per heavy atom. The molecule has 2 rings (SSSR count). The summed E-state index contributed by atoms with van der Waals surface area (Å²) in [6.45, 7) is 3.63. The number of hydrogen-bond acceptors (Lipinski definition) is 4. The van der Waals surface area contributed by atoms with E-state index in [2.05, 4.69) is 16.6 Å². The fraction of sp³-hybridized carbons (Fsp3) is 0.438. The molecule has 0 saturated heterocycles. The fourth-order valence-electron chi connectivity index (χ4n) is 2.57. The van der Waals surface area contributed by atoms with Gasteiger partial charge in [0.1, 0.15) is 0 Å². The molecule has 0 spiro atoms. The number of rotatable bonds is 6. The molecular formula is C16H24ClN3O3S. The van der Waals surface area contributed by atoms with Crippen LogP contribution in [0.4, 0.5) is 0 Å². The Bertz CT molecular complexity index is 654. The molecule has 8 heteroatoms. The molecular weight excluding hydrogens is 350 g/mol. The number of hydrogen-bond donors (Lipinski definition) is 3. The predicted octanol–water partition coefficient (Wildman–Crippen LogP) is 1.57. The average Bonchev–Trinajstić information content (AvgIpc) is 2.55. The van der Waals surface area contributed by atoms with Gasteiger partial charge in [0, 0.05) is 24.2 Å². The standard InChI is InChI=1S/C16H23N3O3S.ClH/c1-2-11-18-23(21,22)15-9-3-12(4-10-15)16(20)19-14-7-5-13(17)6-8-14;/h2-4,9-10,13-14,18H,1,5-8,11,17H2,(H,19,20);1H. The largest absolute Gasteiger partial charge is 0.349 e. The van der Waals surface area contributed by atoms with Crippen LogP contribution in [0.5, 0.6) is 0 Å². The Hall–Kier alpha value is -1.41. The van der Waals surface area contributed by atoms with Crippen molar-refractivity contribution in [1.82, 2.24) is 10.0 Å². The van der Waals surface area contributed by atoms with Gasteiger partial charge in [-0.2, -0.15) is 0 Å². The number of nitrogens with two attached hydrogens (primary N) is 1. The molecule has 1 amide bonds. The van der Waals surface area contributed by atoms with E-state index in [4.69, 9.17) is 5.73 Å². The van der Waals surface area contributed by atoms with Gasteiger partial charge in [0.05, 0.1) is 4.90 Å². The molecule has 0 bridgehead atoms. The van der Waals surface area contributed by atoms with Crippen LogP contribution in [0.15, 0.2) is 41.8 Å². The van der Waals surface area contributed by atoms with Crippen molar-refractivity contribution in [2.24, 2.45) is 5.73 Å². The van der Waals surface area contributed by atoms with E-state index in [9.17, 15) is 13.2 Å². The second kappa shape index (κ2) is 9.17. The first-order valence-electron chi connectivity index (χ1n) is 7.69. The van der Waals surface area contributed by atoms with Gasteiger partial charge in [-0.05, 0) is 49.9 Å². The molecule has 134 valence electrons. The zero-order chi connectivity index (χ0) is 16.9. The third kappa shape index (κ3) is 5.59. The minimum absolute atomic E-state index is 0. The minimum atomic E-state index is -3.57. The summed E-state index contributed by atoms with van der Waals surface area (Å²) in [6.07, 6.45) is 5.05. The van der Waals surface area contributed by atoms with E-state index in [0.717, 1.165) is 25.7 Å². The Kier molecular flexibility index (Phi) is 7.89. The van der Waals surface area contributed by atoms with Gasteiger partial charge in [-0.3, -0.25) is 4.79 Å². The molecule has 6 nitrogen and oxygen atoms in total. The van der Waals surface area contributed by atoms with Crippen LogP contribution in [0.1, 0.15) is 36.0 Å². The zero-order valence-corrected chi connectivity index (χ0v) is 15.0. The maximum atomic E-state index is 12.2. The summed E-state index contributed by atoms with van der Waals surface area (Å²) in [6, 6.07) is 6.27. The Morgan fingerprint density at radius 1 is 1.21 bits per heavy atom. The third-order valence-electron chi connectivity index (χ3n) is 3.95. The van der Waals surface area contributed by atoms with E-state index in [-0.39, 0.29) is 41.8 Å². The van der Waals surface area contributed by atoms with Crippen LogP contribution in [0.2, 0.25) is 0 Å². The lowest BCUT2D eigenvalue weighted by atomic mass is 9.91. The summed E-state index contributed by atoms with van der Waals surface area (Å²) in [5.41, 5.74) is 6.30. The van der Waals surface area contributed by atoms with Crippen molar-refractivity contribution in [3.63, 3.8) is 0 Å². The topological polar surface area (TPSA) is 101 Å². The number of sulfonamides is 1. The quantitative estimate of drug-likeness (QED) is 0.659. The molecule has 1 fully saturated rings. The highest BCUT2D eigenvalue weighted by molar-refractivity contribution is 7.89. The lowest BCUT2D eigenvalue weighted by molar-refractivity contribution is 0.0926. The molecule has 0 aromatic heterocycles. The maximum absolute atomic E-state index is 12.2. The summed E-state index contributed by atoms with van der Waals surface area (Å²) >= 11 is 0. The molecule has 0 unspecified atom stereocenters. The van der Waals surface area contributed by atoms with Crippen molar-refractivity contribution in [1.29, 1.82) is 0 Å². The summed E-state index contributed by atoms with van der Waals surface area (Å²) in [5, 5.41) is 2.98. The van der Waals surface area contributed by atoms with E-state index in [1.54, 1.807) is 0 Å². The number of halogens is 1. The van der Waals surface area contributed by atoms with Crippen LogP contribution in [0.3, 0.4) is 0 Å². The molecule has 0 atom stereocenters. The van der Waals surface area contributed by atoms with Gasteiger partial charge in [-0.1, -0.05) is 6.08 Å². The smallest absolute Gasteiger partial charge is 0.251 e. The first-order valence-corrected chi connectivity index (χ1v) is 9.18. The van der Waals surface area contributed by atoms with Crippen LogP contribution >= 0.6 is 12.4 Å². The van der Waals surface area contributed by atoms with E-state index < -0.39 is 10.0 Å². The van der Waals surface area contributed by atoms with Gasteiger partial charge in [0.15, 0.2) is 0 Å². The molecule has 24 heavy (non-hydrogen) atoms. The van der Waals surface area contributed by atoms with Crippen LogP contribution in [-0.4, -0.2) is 33.0 Å². The van der Waals surface area contributed by atoms with Crippen molar-refractivity contribution >= 4 is 28.3 Å². The molecule has 1 aromatic rings. The van der Waals surface area contributed by atoms with Gasteiger partial charge in [-0.15, -0.1) is 19.0 Å². The molecule has 0 aliphatic heterocycles. The van der Waals surface area contributed by atoms with Gasteiger partial charge in [0.2, 0.25) is 10.0 Å². The molecule has 4 N–H and O–H groups in total. The SMILES string of the molecule is C=CCNS(=O)(=O)c1ccc(C(=O)NC2CCC(N)CC2)cc1.Cl. The number of carbonyl (C=O) groups is 1. The molecule has 0 heterocycles. The Morgan fingerprint density at radius 2 is 1.79 bits per heavy atom. The second-order valence-corrected chi connectivity index (χ2v) is 7.52. The highest BCUT2D eigenvalue weighted by Gasteiger charge is 2.21. The third-order valence-corrected chi connectivity index (χ3v) is 5.39. The van der Waals surface area contributed by atoms with E-state index in [1.165, 1.54) is 30.3 Å². The first-order chi connectivity index (χ1) is 10.9. The average molecular weight is 374 g/mol. The molecule has 1 aromatic carbocycles. The second-order valence-electron chi connectivity index (χ2n) is 5.75. The zero-order valence-electron chi connectivity index (χ0n) is 13.4. The summed E-state index contributed by atoms with van der Waals surface area (Å²) in [5.74, 6) is -0.187. The molecule has 1 saturated carbocycles. The summed E-state index contributed by atoms with van der Waals surface area (Å²) < 4.78 is 26.3. The predicted molar refractivity (Wildman–Crippen MR) is 96.8 cm³/mol. The Labute approximate surface area is 149 Å². The number of benzene rings is 1. The van der Waals surface area contributed by atoms with Gasteiger partial charge < -0.3 is 11.1 Å². The van der Waals surface area contributed by atoms with Crippen molar-refractivity contribution in [2.75, 3.05) is 6.54 Å². The van der Waals surface area contributed by atoms with E-state index >= 15 is 0 Å². The van der Waals surface area contributed by atoms with Crippen molar-refractivity contribution < 1.29 is 13.2 Å². The van der Waals surface area contributed by atoms with Crippen LogP contribution < -0.4 is 15.8 Å². The van der Waals surface area contributed by atoms with E-state index in [0.29, 0.717) is 5.56 Å². The highest BCUT2D eigenvalue weighted by atomic mass is 35.5. The highest BCUT2D eigenvalue weighted by Crippen LogP contribution is 2.18. The van der Waals surface area contributed by atoms with Crippen molar-refractivity contribution in [2.45, 2.75) is 42.7 Å². The van der Waals surface area contributed by atoms with E-state index in [1.807, 2.05) is 0 Å². The maximum Gasteiger partial charge on any atom is 0.251 e. The van der Waals surface area contributed by atoms with Crippen LogP contribution in [-0.2, 0) is 10.0 Å². The lowest BCUT2D eigenvalue weighted by Gasteiger charge is -2.26. The number of carbonyl (C=O) groups excluding carboxylic acids is 1. The molecule has 1 aliphatic rings. The van der Waals surface area contributed by atoms with Crippen LogP contribution in [0.25, 0.3) is 0 Å². The van der Waals surface area contributed by atoms with Crippen molar-refractivity contribution in [3.8, 4) is 0 Å². The van der Waals surface area contributed by atoms with Gasteiger partial charge >= 0.3 is 0 Å². The Balaban J connectivity index is 0.00000288. The normalized spacial score (nSPS) is 20.7. The van der Waals surface area contributed by atoms with Gasteiger partial charge in [-0.25, -0.2) is 13.1 Å². The lowest BCUT2D eigenvalue weighted by Crippen LogP contribution is -2.40. The van der Waals surface area contributed by atoms with Crippen LogP contribution in [0, 0.1) is 0 Å². The number of amides is 1.